The molecule has 3 aromatic rings. The number of methoxy groups -OCH3 is 1. The number of carbonyl (C=O) groups is 1. The van der Waals surface area contributed by atoms with Crippen molar-refractivity contribution in [2.75, 3.05) is 12.0 Å². The Bertz CT molecular complexity index is 1120. The van der Waals surface area contributed by atoms with Crippen LogP contribution in [-0.4, -0.2) is 18.9 Å². The van der Waals surface area contributed by atoms with Gasteiger partial charge in [0.25, 0.3) is 5.91 Å². The van der Waals surface area contributed by atoms with E-state index in [0.717, 1.165) is 22.4 Å². The van der Waals surface area contributed by atoms with E-state index in [2.05, 4.69) is 4.99 Å². The van der Waals surface area contributed by atoms with Gasteiger partial charge in [-0.3, -0.25) is 9.69 Å². The number of para-hydroxylation sites is 1. The Hall–Kier alpha value is -3.37. The Balaban J connectivity index is 1.85. The van der Waals surface area contributed by atoms with Crippen LogP contribution in [0.5, 0.6) is 5.75 Å². The zero-order chi connectivity index (χ0) is 20.4. The number of hydrogen-bond donors (Lipinski definition) is 0. The quantitative estimate of drug-likeness (QED) is 0.541. The highest BCUT2D eigenvalue weighted by Gasteiger charge is 2.33. The lowest BCUT2D eigenvalue weighted by Gasteiger charge is -2.20. The van der Waals surface area contributed by atoms with E-state index in [0.29, 0.717) is 22.3 Å². The molecule has 0 aliphatic carbocycles. The molecular weight excluding hydrogens is 384 g/mol. The van der Waals surface area contributed by atoms with Gasteiger partial charge >= 0.3 is 0 Å². The van der Waals surface area contributed by atoms with Gasteiger partial charge in [-0.2, -0.15) is 0 Å². The Morgan fingerprint density at radius 2 is 1.66 bits per heavy atom. The second-order valence-corrected chi connectivity index (χ2v) is 7.13. The van der Waals surface area contributed by atoms with Gasteiger partial charge in [0, 0.05) is 5.02 Å². The zero-order valence-electron chi connectivity index (χ0n) is 16.1. The summed E-state index contributed by atoms with van der Waals surface area (Å²) in [5.41, 5.74) is 3.83. The molecule has 144 valence electrons. The Morgan fingerprint density at radius 3 is 2.34 bits per heavy atom. The molecule has 0 spiro atoms. The Kier molecular flexibility index (Phi) is 5.19. The molecule has 0 unspecified atom stereocenters. The highest BCUT2D eigenvalue weighted by atomic mass is 35.5. The van der Waals surface area contributed by atoms with Crippen LogP contribution in [0.3, 0.4) is 0 Å². The molecule has 5 heteroatoms. The molecule has 0 N–H and O–H groups in total. The van der Waals surface area contributed by atoms with Gasteiger partial charge in [0.05, 0.1) is 18.4 Å². The summed E-state index contributed by atoms with van der Waals surface area (Å²) >= 11 is 5.97. The van der Waals surface area contributed by atoms with Crippen LogP contribution in [0.1, 0.15) is 16.7 Å². The fourth-order valence-corrected chi connectivity index (χ4v) is 3.30. The van der Waals surface area contributed by atoms with Crippen LogP contribution in [0.4, 0.5) is 5.69 Å². The average Bonchev–Trinajstić information content (AvgIpc) is 3.06. The van der Waals surface area contributed by atoms with Crippen molar-refractivity contribution in [2.24, 2.45) is 4.99 Å². The molecule has 1 aliphatic heterocycles. The highest BCUT2D eigenvalue weighted by Crippen LogP contribution is 2.31. The van der Waals surface area contributed by atoms with Crippen molar-refractivity contribution in [3.05, 3.63) is 100 Å². The summed E-state index contributed by atoms with van der Waals surface area (Å²) in [7, 11) is 1.61. The predicted molar refractivity (Wildman–Crippen MR) is 118 cm³/mol. The lowest BCUT2D eigenvalue weighted by Crippen LogP contribution is -2.32. The van der Waals surface area contributed by atoms with Crippen LogP contribution in [-0.2, 0) is 4.79 Å². The summed E-state index contributed by atoms with van der Waals surface area (Å²) in [6.07, 6.45) is 1.77. The molecule has 0 atom stereocenters. The minimum Gasteiger partial charge on any atom is -0.496 e. The summed E-state index contributed by atoms with van der Waals surface area (Å²) in [5, 5.41) is 0.643. The van der Waals surface area contributed by atoms with Crippen molar-refractivity contribution < 1.29 is 9.53 Å². The number of benzene rings is 3. The van der Waals surface area contributed by atoms with Crippen LogP contribution in [0.2, 0.25) is 5.02 Å². The van der Waals surface area contributed by atoms with Crippen molar-refractivity contribution in [3.63, 3.8) is 0 Å². The van der Waals surface area contributed by atoms with Crippen molar-refractivity contribution in [2.45, 2.75) is 6.92 Å². The van der Waals surface area contributed by atoms with Crippen LogP contribution in [0, 0.1) is 6.92 Å². The molecule has 1 heterocycles. The first-order valence-corrected chi connectivity index (χ1v) is 9.55. The van der Waals surface area contributed by atoms with Crippen LogP contribution in [0.15, 0.2) is 83.5 Å². The first-order chi connectivity index (χ1) is 14.1. The molecule has 0 bridgehead atoms. The van der Waals surface area contributed by atoms with Gasteiger partial charge in [0.1, 0.15) is 11.4 Å². The van der Waals surface area contributed by atoms with Crippen LogP contribution >= 0.6 is 11.6 Å². The summed E-state index contributed by atoms with van der Waals surface area (Å²) in [4.78, 5) is 19.6. The van der Waals surface area contributed by atoms with E-state index in [4.69, 9.17) is 16.3 Å². The van der Waals surface area contributed by atoms with E-state index >= 15 is 0 Å². The van der Waals surface area contributed by atoms with Gasteiger partial charge in [-0.25, -0.2) is 4.99 Å². The molecule has 4 nitrogen and oxygen atoms in total. The van der Waals surface area contributed by atoms with E-state index in [9.17, 15) is 4.79 Å². The lowest BCUT2D eigenvalue weighted by molar-refractivity contribution is -0.113. The third-order valence-corrected chi connectivity index (χ3v) is 4.93. The molecule has 0 saturated heterocycles. The third kappa shape index (κ3) is 3.80. The molecule has 1 aliphatic rings. The first kappa shape index (κ1) is 19.0. The second-order valence-electron chi connectivity index (χ2n) is 6.69. The predicted octanol–water partition coefficient (Wildman–Crippen LogP) is 5.49. The number of aryl methyl sites for hydroxylation is 1. The Morgan fingerprint density at radius 1 is 0.966 bits per heavy atom. The number of amides is 1. The molecule has 0 aromatic heterocycles. The number of ether oxygens (including phenoxy) is 1. The fraction of sp³-hybridized carbons (Fsp3) is 0.0833. The molecule has 0 fully saturated rings. The number of anilines is 1. The standard InChI is InChI=1S/C24H19ClN2O2/c1-16-7-13-19(14-8-16)27-23(20-5-3-4-6-22(20)29-2)26-21(24(27)28)15-17-9-11-18(25)12-10-17/h3-15H,1-2H3/b21-15+. The molecule has 3 aromatic carbocycles. The molecule has 0 radical (unpaired) electrons. The van der Waals surface area contributed by atoms with E-state index in [1.807, 2.05) is 67.6 Å². The van der Waals surface area contributed by atoms with Crippen LogP contribution < -0.4 is 9.64 Å². The van der Waals surface area contributed by atoms with Gasteiger partial charge in [-0.1, -0.05) is 53.6 Å². The molecule has 4 rings (SSSR count). The molecule has 1 amide bonds. The lowest BCUT2D eigenvalue weighted by atomic mass is 10.1. The number of carbonyl (C=O) groups excluding carboxylic acids is 1. The first-order valence-electron chi connectivity index (χ1n) is 9.17. The van der Waals surface area contributed by atoms with Gasteiger partial charge < -0.3 is 4.74 Å². The minimum atomic E-state index is -0.190. The molecule has 29 heavy (non-hydrogen) atoms. The maximum Gasteiger partial charge on any atom is 0.282 e. The summed E-state index contributed by atoms with van der Waals surface area (Å²) < 4.78 is 5.51. The summed E-state index contributed by atoms with van der Waals surface area (Å²) in [6.45, 7) is 2.01. The second kappa shape index (κ2) is 7.94. The van der Waals surface area contributed by atoms with Gasteiger partial charge in [0.15, 0.2) is 5.84 Å². The smallest absolute Gasteiger partial charge is 0.282 e. The Labute approximate surface area is 174 Å². The summed E-state index contributed by atoms with van der Waals surface area (Å²) in [6, 6.07) is 22.6. The van der Waals surface area contributed by atoms with Crippen molar-refractivity contribution in [1.29, 1.82) is 0 Å². The highest BCUT2D eigenvalue weighted by molar-refractivity contribution is 6.33. The van der Waals surface area contributed by atoms with Crippen molar-refractivity contribution >= 4 is 35.1 Å². The monoisotopic (exact) mass is 402 g/mol. The maximum absolute atomic E-state index is 13.3. The van der Waals surface area contributed by atoms with E-state index in [1.54, 1.807) is 30.2 Å². The van der Waals surface area contributed by atoms with E-state index < -0.39 is 0 Å². The fourth-order valence-electron chi connectivity index (χ4n) is 3.18. The SMILES string of the molecule is COc1ccccc1C1=N/C(=C/c2ccc(Cl)cc2)C(=O)N1c1ccc(C)cc1. The number of rotatable bonds is 4. The minimum absolute atomic E-state index is 0.190. The molecular formula is C24H19ClN2O2. The number of halogens is 1. The zero-order valence-corrected chi connectivity index (χ0v) is 16.9. The number of amidine groups is 1. The summed E-state index contributed by atoms with van der Waals surface area (Å²) in [5.74, 6) is 1.00. The topological polar surface area (TPSA) is 41.9 Å². The van der Waals surface area contributed by atoms with E-state index in [1.165, 1.54) is 0 Å². The number of aliphatic imine (C=N–C) groups is 1. The average molecular weight is 403 g/mol. The van der Waals surface area contributed by atoms with Gasteiger partial charge in [-0.05, 0) is 55.0 Å². The van der Waals surface area contributed by atoms with E-state index in [-0.39, 0.29) is 5.91 Å². The normalized spacial score (nSPS) is 15.0. The van der Waals surface area contributed by atoms with Gasteiger partial charge in [0.2, 0.25) is 0 Å². The number of hydrogen-bond acceptors (Lipinski definition) is 3. The van der Waals surface area contributed by atoms with Crippen LogP contribution in [0.25, 0.3) is 6.08 Å². The largest absolute Gasteiger partial charge is 0.496 e. The number of nitrogens with zero attached hydrogens (tertiary/aromatic N) is 2. The van der Waals surface area contributed by atoms with Crippen molar-refractivity contribution in [3.8, 4) is 5.75 Å². The van der Waals surface area contributed by atoms with Gasteiger partial charge in [-0.15, -0.1) is 0 Å². The maximum atomic E-state index is 13.3. The molecule has 0 saturated carbocycles. The third-order valence-electron chi connectivity index (χ3n) is 4.67. The van der Waals surface area contributed by atoms with Crippen molar-refractivity contribution in [1.82, 2.24) is 0 Å².